The maximum Gasteiger partial charge on any atom is 0.0635 e. The average Bonchev–Trinajstić information content (AvgIpc) is 2.36. The van der Waals surface area contributed by atoms with Gasteiger partial charge in [-0.05, 0) is 25.0 Å². The summed E-state index contributed by atoms with van der Waals surface area (Å²) in [6.07, 6.45) is 5.25. The Morgan fingerprint density at radius 1 is 1.60 bits per heavy atom. The summed E-state index contributed by atoms with van der Waals surface area (Å²) in [7, 11) is 0. The highest BCUT2D eigenvalue weighted by molar-refractivity contribution is 5.61. The molecular weight excluding hydrogens is 124 g/mol. The van der Waals surface area contributed by atoms with Crippen molar-refractivity contribution in [1.29, 1.82) is 0 Å². The van der Waals surface area contributed by atoms with Gasteiger partial charge in [-0.15, -0.1) is 0 Å². The van der Waals surface area contributed by atoms with Crippen LogP contribution in [0.25, 0.3) is 5.57 Å². The lowest BCUT2D eigenvalue weighted by atomic mass is 10.1. The van der Waals surface area contributed by atoms with Gasteiger partial charge in [0.05, 0.1) is 5.69 Å². The van der Waals surface area contributed by atoms with E-state index in [1.807, 2.05) is 6.20 Å². The zero-order valence-electron chi connectivity index (χ0n) is 6.04. The molecule has 0 unspecified atom stereocenters. The van der Waals surface area contributed by atoms with Crippen LogP contribution in [0.15, 0.2) is 18.3 Å². The van der Waals surface area contributed by atoms with Gasteiger partial charge in [0.1, 0.15) is 0 Å². The van der Waals surface area contributed by atoms with Crippen molar-refractivity contribution in [2.24, 2.45) is 0 Å². The van der Waals surface area contributed by atoms with Crippen LogP contribution in [-0.4, -0.2) is 9.78 Å². The van der Waals surface area contributed by atoms with Crippen molar-refractivity contribution < 1.29 is 0 Å². The predicted octanol–water partition coefficient (Wildman–Crippen LogP) is 1.69. The molecule has 2 heterocycles. The van der Waals surface area contributed by atoms with Gasteiger partial charge in [0.25, 0.3) is 0 Å². The second-order valence-electron chi connectivity index (χ2n) is 2.62. The van der Waals surface area contributed by atoms with E-state index in [0.717, 1.165) is 13.0 Å². The summed E-state index contributed by atoms with van der Waals surface area (Å²) in [6.45, 7) is 3.17. The van der Waals surface area contributed by atoms with E-state index in [9.17, 15) is 0 Å². The van der Waals surface area contributed by atoms with Crippen molar-refractivity contribution in [2.45, 2.75) is 19.9 Å². The Balaban J connectivity index is 2.55. The molecule has 0 N–H and O–H groups in total. The Morgan fingerprint density at radius 3 is 3.30 bits per heavy atom. The SMILES string of the molecule is CC1=CCCn2nccc21. The van der Waals surface area contributed by atoms with Crippen LogP contribution in [0.4, 0.5) is 0 Å². The fourth-order valence-electron chi connectivity index (χ4n) is 1.35. The Hall–Kier alpha value is -1.05. The average molecular weight is 134 g/mol. The van der Waals surface area contributed by atoms with Gasteiger partial charge in [-0.2, -0.15) is 5.10 Å². The first-order valence-corrected chi connectivity index (χ1v) is 3.57. The van der Waals surface area contributed by atoms with Crippen molar-refractivity contribution in [2.75, 3.05) is 0 Å². The predicted molar refractivity (Wildman–Crippen MR) is 40.5 cm³/mol. The Labute approximate surface area is 60.2 Å². The van der Waals surface area contributed by atoms with Crippen molar-refractivity contribution in [3.8, 4) is 0 Å². The van der Waals surface area contributed by atoms with Crippen LogP contribution < -0.4 is 0 Å². The standard InChI is InChI=1S/C8H10N2/c1-7-3-2-6-10-8(7)4-5-9-10/h3-5H,2,6H2,1H3. The quantitative estimate of drug-likeness (QED) is 0.528. The molecule has 1 aliphatic rings. The zero-order chi connectivity index (χ0) is 6.97. The van der Waals surface area contributed by atoms with Crippen LogP contribution in [0.5, 0.6) is 0 Å². The van der Waals surface area contributed by atoms with E-state index in [-0.39, 0.29) is 0 Å². The summed E-state index contributed by atoms with van der Waals surface area (Å²) in [4.78, 5) is 0. The minimum Gasteiger partial charge on any atom is -0.265 e. The van der Waals surface area contributed by atoms with Gasteiger partial charge >= 0.3 is 0 Å². The molecular formula is C8H10N2. The van der Waals surface area contributed by atoms with Gasteiger partial charge in [0.2, 0.25) is 0 Å². The fourth-order valence-corrected chi connectivity index (χ4v) is 1.35. The maximum absolute atomic E-state index is 4.18. The van der Waals surface area contributed by atoms with Crippen molar-refractivity contribution in [3.05, 3.63) is 24.0 Å². The number of nitrogens with zero attached hydrogens (tertiary/aromatic N) is 2. The van der Waals surface area contributed by atoms with Gasteiger partial charge in [-0.25, -0.2) is 0 Å². The summed E-state index contributed by atoms with van der Waals surface area (Å²) in [5, 5.41) is 4.18. The second-order valence-corrected chi connectivity index (χ2v) is 2.62. The molecule has 0 amide bonds. The molecule has 0 fully saturated rings. The molecule has 0 atom stereocenters. The summed E-state index contributed by atoms with van der Waals surface area (Å²) >= 11 is 0. The Morgan fingerprint density at radius 2 is 2.50 bits per heavy atom. The number of allylic oxidation sites excluding steroid dienone is 2. The molecule has 0 aromatic carbocycles. The molecule has 0 saturated carbocycles. The summed E-state index contributed by atoms with van der Waals surface area (Å²) in [5.74, 6) is 0. The van der Waals surface area contributed by atoms with Crippen molar-refractivity contribution >= 4 is 5.57 Å². The van der Waals surface area contributed by atoms with Crippen molar-refractivity contribution in [3.63, 3.8) is 0 Å². The lowest BCUT2D eigenvalue weighted by Crippen LogP contribution is -2.06. The third kappa shape index (κ3) is 0.685. The third-order valence-electron chi connectivity index (χ3n) is 1.91. The topological polar surface area (TPSA) is 17.8 Å². The molecule has 0 saturated heterocycles. The smallest absolute Gasteiger partial charge is 0.0635 e. The largest absolute Gasteiger partial charge is 0.265 e. The minimum absolute atomic E-state index is 1.04. The molecule has 1 aliphatic heterocycles. The lowest BCUT2D eigenvalue weighted by molar-refractivity contribution is 0.605. The van der Waals surface area contributed by atoms with Crippen LogP contribution in [-0.2, 0) is 6.54 Å². The first-order chi connectivity index (χ1) is 4.88. The summed E-state index contributed by atoms with van der Waals surface area (Å²) < 4.78 is 2.05. The number of aromatic nitrogens is 2. The molecule has 2 rings (SSSR count). The van der Waals surface area contributed by atoms with E-state index in [4.69, 9.17) is 0 Å². The molecule has 2 nitrogen and oxygen atoms in total. The second kappa shape index (κ2) is 1.97. The first-order valence-electron chi connectivity index (χ1n) is 3.57. The van der Waals surface area contributed by atoms with Gasteiger partial charge in [-0.3, -0.25) is 4.68 Å². The molecule has 1 aromatic rings. The molecule has 0 bridgehead atoms. The normalized spacial score (nSPS) is 16.3. The van der Waals surface area contributed by atoms with E-state index in [0.29, 0.717) is 0 Å². The van der Waals surface area contributed by atoms with Crippen LogP contribution in [0.1, 0.15) is 19.0 Å². The van der Waals surface area contributed by atoms with Crippen LogP contribution in [0, 0.1) is 0 Å². The fraction of sp³-hybridized carbons (Fsp3) is 0.375. The van der Waals surface area contributed by atoms with Gasteiger partial charge < -0.3 is 0 Å². The number of aryl methyl sites for hydroxylation is 1. The van der Waals surface area contributed by atoms with E-state index in [1.54, 1.807) is 0 Å². The monoisotopic (exact) mass is 134 g/mol. The van der Waals surface area contributed by atoms with E-state index >= 15 is 0 Å². The molecule has 52 valence electrons. The highest BCUT2D eigenvalue weighted by Crippen LogP contribution is 2.18. The minimum atomic E-state index is 1.04. The first kappa shape index (κ1) is 5.71. The maximum atomic E-state index is 4.18. The molecule has 0 radical (unpaired) electrons. The number of rotatable bonds is 0. The highest BCUT2D eigenvalue weighted by atomic mass is 15.3. The number of fused-ring (bicyclic) bond motifs is 1. The van der Waals surface area contributed by atoms with Crippen molar-refractivity contribution in [1.82, 2.24) is 9.78 Å². The Bertz CT molecular complexity index is 271. The summed E-state index contributed by atoms with van der Waals surface area (Å²) in [5.41, 5.74) is 2.62. The Kier molecular flexibility index (Phi) is 1.13. The van der Waals surface area contributed by atoms with Crippen LogP contribution in [0.3, 0.4) is 0 Å². The third-order valence-corrected chi connectivity index (χ3v) is 1.91. The molecule has 1 aromatic heterocycles. The molecule has 2 heteroatoms. The van der Waals surface area contributed by atoms with Gasteiger partial charge in [0, 0.05) is 12.7 Å². The number of hydrogen-bond acceptors (Lipinski definition) is 1. The van der Waals surface area contributed by atoms with E-state index in [1.165, 1.54) is 11.3 Å². The summed E-state index contributed by atoms with van der Waals surface area (Å²) in [6, 6.07) is 2.06. The van der Waals surface area contributed by atoms with Crippen LogP contribution in [0.2, 0.25) is 0 Å². The lowest BCUT2D eigenvalue weighted by Gasteiger charge is -2.11. The van der Waals surface area contributed by atoms with Gasteiger partial charge in [-0.1, -0.05) is 6.08 Å². The molecule has 0 spiro atoms. The van der Waals surface area contributed by atoms with E-state index < -0.39 is 0 Å². The van der Waals surface area contributed by atoms with E-state index in [2.05, 4.69) is 28.8 Å². The zero-order valence-corrected chi connectivity index (χ0v) is 6.04. The van der Waals surface area contributed by atoms with Gasteiger partial charge in [0.15, 0.2) is 0 Å². The number of hydrogen-bond donors (Lipinski definition) is 0. The highest BCUT2D eigenvalue weighted by Gasteiger charge is 2.06. The molecule has 10 heavy (non-hydrogen) atoms. The molecule has 0 aliphatic carbocycles. The van der Waals surface area contributed by atoms with Crippen LogP contribution >= 0.6 is 0 Å².